The van der Waals surface area contributed by atoms with Crippen molar-refractivity contribution in [1.82, 2.24) is 10.2 Å². The third-order valence-electron chi connectivity index (χ3n) is 3.92. The second kappa shape index (κ2) is 8.80. The largest absolute Gasteiger partial charge is 0.484 e. The van der Waals surface area contributed by atoms with E-state index in [-0.39, 0.29) is 12.5 Å². The Bertz CT molecular complexity index is 876. The highest BCUT2D eigenvalue weighted by molar-refractivity contribution is 5.90. The third kappa shape index (κ3) is 5.81. The van der Waals surface area contributed by atoms with E-state index in [1.165, 1.54) is 5.56 Å². The van der Waals surface area contributed by atoms with Crippen molar-refractivity contribution in [2.75, 3.05) is 17.2 Å². The topological polar surface area (TPSA) is 76.1 Å². The first kappa shape index (κ1) is 18.4. The van der Waals surface area contributed by atoms with Crippen LogP contribution in [0, 0.1) is 13.8 Å². The predicted octanol–water partition coefficient (Wildman–Crippen LogP) is 3.72. The lowest BCUT2D eigenvalue weighted by atomic mass is 10.1. The number of anilines is 2. The maximum absolute atomic E-state index is 12.0. The molecule has 0 bridgehead atoms. The minimum Gasteiger partial charge on any atom is -0.484 e. The van der Waals surface area contributed by atoms with Gasteiger partial charge in [-0.2, -0.15) is 0 Å². The average molecular weight is 362 g/mol. The molecule has 2 N–H and O–H groups in total. The fraction of sp³-hybridized carbons (Fsp3) is 0.190. The standard InChI is InChI=1S/C21H22N4O2/c1-15-3-7-17(8-4-15)13-22-19-11-12-20(25-24-19)23-21(26)14-27-18-9-5-16(2)6-10-18/h3-12H,13-14H2,1-2H3,(H,22,24)(H,23,25,26). The quantitative estimate of drug-likeness (QED) is 0.670. The number of nitrogens with one attached hydrogen (secondary N) is 2. The van der Waals surface area contributed by atoms with Crippen LogP contribution in [0.5, 0.6) is 5.75 Å². The zero-order valence-electron chi connectivity index (χ0n) is 15.4. The number of hydrogen-bond donors (Lipinski definition) is 2. The van der Waals surface area contributed by atoms with Gasteiger partial charge < -0.3 is 15.4 Å². The van der Waals surface area contributed by atoms with Crippen LogP contribution in [0.15, 0.2) is 60.7 Å². The summed E-state index contributed by atoms with van der Waals surface area (Å²) in [6.07, 6.45) is 0. The first-order chi connectivity index (χ1) is 13.1. The fourth-order valence-electron chi connectivity index (χ4n) is 2.35. The molecule has 0 saturated heterocycles. The number of benzene rings is 2. The molecule has 0 aliphatic rings. The van der Waals surface area contributed by atoms with Gasteiger partial charge in [0.1, 0.15) is 11.6 Å². The molecule has 3 aromatic rings. The van der Waals surface area contributed by atoms with E-state index in [1.807, 2.05) is 31.2 Å². The molecule has 1 heterocycles. The van der Waals surface area contributed by atoms with Gasteiger partial charge in [-0.3, -0.25) is 4.79 Å². The molecule has 6 heteroatoms. The molecule has 0 aliphatic carbocycles. The van der Waals surface area contributed by atoms with Crippen LogP contribution in [0.2, 0.25) is 0 Å². The smallest absolute Gasteiger partial charge is 0.263 e. The van der Waals surface area contributed by atoms with Crippen molar-refractivity contribution in [1.29, 1.82) is 0 Å². The van der Waals surface area contributed by atoms with E-state index in [2.05, 4.69) is 52.0 Å². The molecule has 138 valence electrons. The van der Waals surface area contributed by atoms with Gasteiger partial charge in [0.25, 0.3) is 5.91 Å². The second-order valence-corrected chi connectivity index (χ2v) is 6.29. The van der Waals surface area contributed by atoms with Crippen molar-refractivity contribution in [3.8, 4) is 5.75 Å². The lowest BCUT2D eigenvalue weighted by Gasteiger charge is -2.08. The van der Waals surface area contributed by atoms with E-state index >= 15 is 0 Å². The Kier molecular flexibility index (Phi) is 5.99. The Morgan fingerprint density at radius 3 is 2.07 bits per heavy atom. The van der Waals surface area contributed by atoms with Gasteiger partial charge in [0.05, 0.1) is 0 Å². The van der Waals surface area contributed by atoms with Gasteiger partial charge in [0.2, 0.25) is 0 Å². The molecule has 3 rings (SSSR count). The lowest BCUT2D eigenvalue weighted by Crippen LogP contribution is -2.21. The summed E-state index contributed by atoms with van der Waals surface area (Å²) in [6.45, 7) is 4.62. The highest BCUT2D eigenvalue weighted by Crippen LogP contribution is 2.12. The molecule has 27 heavy (non-hydrogen) atoms. The van der Waals surface area contributed by atoms with Gasteiger partial charge in [-0.1, -0.05) is 47.5 Å². The maximum Gasteiger partial charge on any atom is 0.263 e. The molecule has 2 aromatic carbocycles. The average Bonchev–Trinajstić information content (AvgIpc) is 2.68. The van der Waals surface area contributed by atoms with Gasteiger partial charge >= 0.3 is 0 Å². The molecule has 0 spiro atoms. The molecular weight excluding hydrogens is 340 g/mol. The molecule has 0 fully saturated rings. The summed E-state index contributed by atoms with van der Waals surface area (Å²) in [7, 11) is 0. The van der Waals surface area contributed by atoms with Crippen molar-refractivity contribution >= 4 is 17.5 Å². The molecular formula is C21H22N4O2. The Morgan fingerprint density at radius 2 is 1.44 bits per heavy atom. The minimum absolute atomic E-state index is 0.0852. The third-order valence-corrected chi connectivity index (χ3v) is 3.92. The van der Waals surface area contributed by atoms with Crippen molar-refractivity contribution in [3.05, 3.63) is 77.4 Å². The van der Waals surface area contributed by atoms with Crippen LogP contribution >= 0.6 is 0 Å². The first-order valence-electron chi connectivity index (χ1n) is 8.71. The van der Waals surface area contributed by atoms with Crippen molar-refractivity contribution in [2.45, 2.75) is 20.4 Å². The number of carbonyl (C=O) groups excluding carboxylic acids is 1. The van der Waals surface area contributed by atoms with Crippen LogP contribution in [0.3, 0.4) is 0 Å². The number of rotatable bonds is 7. The summed E-state index contributed by atoms with van der Waals surface area (Å²) in [5, 5.41) is 14.0. The number of hydrogen-bond acceptors (Lipinski definition) is 5. The monoisotopic (exact) mass is 362 g/mol. The Balaban J connectivity index is 1.45. The van der Waals surface area contributed by atoms with E-state index < -0.39 is 0 Å². The number of aromatic nitrogens is 2. The van der Waals surface area contributed by atoms with Crippen LogP contribution in [0.25, 0.3) is 0 Å². The predicted molar refractivity (Wildman–Crippen MR) is 106 cm³/mol. The summed E-state index contributed by atoms with van der Waals surface area (Å²) in [6, 6.07) is 19.3. The highest BCUT2D eigenvalue weighted by atomic mass is 16.5. The molecule has 1 aromatic heterocycles. The zero-order chi connectivity index (χ0) is 19.1. The van der Waals surface area contributed by atoms with Gasteiger partial charge in [0.15, 0.2) is 12.4 Å². The fourth-order valence-corrected chi connectivity index (χ4v) is 2.35. The Hall–Kier alpha value is -3.41. The van der Waals surface area contributed by atoms with Crippen LogP contribution in [0.4, 0.5) is 11.6 Å². The van der Waals surface area contributed by atoms with Gasteiger partial charge in [-0.15, -0.1) is 10.2 Å². The Morgan fingerprint density at radius 1 is 0.852 bits per heavy atom. The van der Waals surface area contributed by atoms with Crippen LogP contribution < -0.4 is 15.4 Å². The lowest BCUT2D eigenvalue weighted by molar-refractivity contribution is -0.118. The summed E-state index contributed by atoms with van der Waals surface area (Å²) < 4.78 is 5.44. The zero-order valence-corrected chi connectivity index (χ0v) is 15.4. The van der Waals surface area contributed by atoms with E-state index in [0.717, 1.165) is 11.1 Å². The Labute approximate surface area is 158 Å². The molecule has 0 unspecified atom stereocenters. The number of amides is 1. The number of nitrogens with zero attached hydrogens (tertiary/aromatic N) is 2. The number of aryl methyl sites for hydroxylation is 2. The summed E-state index contributed by atoms with van der Waals surface area (Å²) >= 11 is 0. The van der Waals surface area contributed by atoms with Crippen molar-refractivity contribution in [2.24, 2.45) is 0 Å². The first-order valence-corrected chi connectivity index (χ1v) is 8.71. The summed E-state index contributed by atoms with van der Waals surface area (Å²) in [4.78, 5) is 12.0. The minimum atomic E-state index is -0.287. The molecule has 0 radical (unpaired) electrons. The maximum atomic E-state index is 12.0. The van der Waals surface area contributed by atoms with Crippen LogP contribution in [0.1, 0.15) is 16.7 Å². The van der Waals surface area contributed by atoms with E-state index in [4.69, 9.17) is 4.74 Å². The van der Waals surface area contributed by atoms with Crippen LogP contribution in [-0.4, -0.2) is 22.7 Å². The summed E-state index contributed by atoms with van der Waals surface area (Å²) in [5.74, 6) is 1.39. The highest BCUT2D eigenvalue weighted by Gasteiger charge is 2.06. The van der Waals surface area contributed by atoms with Crippen molar-refractivity contribution in [3.63, 3.8) is 0 Å². The molecule has 0 atom stereocenters. The van der Waals surface area contributed by atoms with Gasteiger partial charge in [0, 0.05) is 6.54 Å². The van der Waals surface area contributed by atoms with Crippen LogP contribution in [-0.2, 0) is 11.3 Å². The van der Waals surface area contributed by atoms with E-state index in [0.29, 0.717) is 23.9 Å². The second-order valence-electron chi connectivity index (χ2n) is 6.29. The van der Waals surface area contributed by atoms with Gasteiger partial charge in [-0.05, 0) is 43.7 Å². The normalized spacial score (nSPS) is 10.3. The van der Waals surface area contributed by atoms with E-state index in [1.54, 1.807) is 12.1 Å². The molecule has 1 amide bonds. The molecule has 0 saturated carbocycles. The number of ether oxygens (including phenoxy) is 1. The van der Waals surface area contributed by atoms with E-state index in [9.17, 15) is 4.79 Å². The number of carbonyl (C=O) groups is 1. The summed E-state index contributed by atoms with van der Waals surface area (Å²) in [5.41, 5.74) is 3.52. The van der Waals surface area contributed by atoms with Crippen molar-refractivity contribution < 1.29 is 9.53 Å². The molecule has 0 aliphatic heterocycles. The van der Waals surface area contributed by atoms with Gasteiger partial charge in [-0.25, -0.2) is 0 Å². The molecule has 6 nitrogen and oxygen atoms in total. The SMILES string of the molecule is Cc1ccc(CNc2ccc(NC(=O)COc3ccc(C)cc3)nn2)cc1.